The van der Waals surface area contributed by atoms with Crippen molar-refractivity contribution in [2.24, 2.45) is 0 Å². The van der Waals surface area contributed by atoms with Crippen LogP contribution in [0.3, 0.4) is 0 Å². The molecule has 3 aromatic carbocycles. The first-order valence-corrected chi connectivity index (χ1v) is 11.2. The number of ether oxygens (including phenoxy) is 1. The molecule has 5 heteroatoms. The van der Waals surface area contributed by atoms with Crippen molar-refractivity contribution in [1.82, 2.24) is 5.32 Å². The van der Waals surface area contributed by atoms with Crippen LogP contribution in [0.25, 0.3) is 5.76 Å². The van der Waals surface area contributed by atoms with E-state index in [9.17, 15) is 4.79 Å². The van der Waals surface area contributed by atoms with Gasteiger partial charge in [-0.2, -0.15) is 0 Å². The molecule has 0 aliphatic carbocycles. The molecule has 0 aromatic heterocycles. The predicted octanol–water partition coefficient (Wildman–Crippen LogP) is 5.96. The number of benzene rings is 3. The Morgan fingerprint density at radius 3 is 2.32 bits per heavy atom. The van der Waals surface area contributed by atoms with Crippen LogP contribution >= 0.6 is 24.0 Å². The topological polar surface area (TPSA) is 38.3 Å². The highest BCUT2D eigenvalue weighted by molar-refractivity contribution is 8.26. The zero-order chi connectivity index (χ0) is 21.4. The van der Waals surface area contributed by atoms with Gasteiger partial charge in [0.15, 0.2) is 0 Å². The highest BCUT2D eigenvalue weighted by atomic mass is 32.2. The third-order valence-corrected chi connectivity index (χ3v) is 6.64. The molecule has 2 aliphatic heterocycles. The molecule has 2 aliphatic rings. The Balaban J connectivity index is 1.80. The molecule has 31 heavy (non-hydrogen) atoms. The molecule has 152 valence electrons. The average Bonchev–Trinajstić information content (AvgIpc) is 3.11. The fraction of sp³-hybridized carbons (Fsp3) is 0.0769. The van der Waals surface area contributed by atoms with Gasteiger partial charge in [0.1, 0.15) is 15.8 Å². The number of amides is 1. The van der Waals surface area contributed by atoms with Gasteiger partial charge in [0.2, 0.25) is 0 Å². The van der Waals surface area contributed by atoms with Crippen LogP contribution in [0.2, 0.25) is 0 Å². The molecular weight excluding hydrogens is 422 g/mol. The van der Waals surface area contributed by atoms with Crippen LogP contribution in [0.4, 0.5) is 0 Å². The summed E-state index contributed by atoms with van der Waals surface area (Å²) >= 11 is 6.50. The molecule has 1 amide bonds. The summed E-state index contributed by atoms with van der Waals surface area (Å²) in [7, 11) is 0. The van der Waals surface area contributed by atoms with Crippen molar-refractivity contribution in [2.75, 3.05) is 0 Å². The van der Waals surface area contributed by atoms with Crippen LogP contribution in [0.15, 0.2) is 95.4 Å². The first-order chi connectivity index (χ1) is 15.1. The van der Waals surface area contributed by atoms with E-state index in [-0.39, 0.29) is 11.8 Å². The summed E-state index contributed by atoms with van der Waals surface area (Å²) in [5, 5.41) is 2.72. The number of carbonyl (C=O) groups excluding carboxylic acids is 1. The standard InChI is InChI=1S/C26H19NO2S2/c1-16-9-5-6-12-18(16)23-19-13-7-8-14-21(19)29-24(17-10-3-2-4-11-17)20(23)15-22-25(28)27-26(30)31-22/h2-15,23H,1H3,(H,27,28,30)/b22-15+. The molecular formula is C26H19NO2S2. The summed E-state index contributed by atoms with van der Waals surface area (Å²) in [6.07, 6.45) is 1.94. The third-order valence-electron chi connectivity index (χ3n) is 5.48. The number of carbonyl (C=O) groups is 1. The fourth-order valence-electron chi connectivity index (χ4n) is 4.05. The smallest absolute Gasteiger partial charge is 0.263 e. The van der Waals surface area contributed by atoms with Crippen molar-refractivity contribution >= 4 is 40.0 Å². The lowest BCUT2D eigenvalue weighted by atomic mass is 9.79. The lowest BCUT2D eigenvalue weighted by molar-refractivity contribution is -0.115. The maximum atomic E-state index is 12.5. The van der Waals surface area contributed by atoms with Gasteiger partial charge in [-0.15, -0.1) is 0 Å². The van der Waals surface area contributed by atoms with Crippen LogP contribution in [-0.2, 0) is 4.79 Å². The quantitative estimate of drug-likeness (QED) is 0.402. The monoisotopic (exact) mass is 441 g/mol. The van der Waals surface area contributed by atoms with E-state index < -0.39 is 0 Å². The van der Waals surface area contributed by atoms with Crippen molar-refractivity contribution in [1.29, 1.82) is 0 Å². The van der Waals surface area contributed by atoms with Gasteiger partial charge in [0, 0.05) is 22.6 Å². The Kier molecular flexibility index (Phi) is 5.22. The Labute approximate surface area is 190 Å². The maximum absolute atomic E-state index is 12.5. The minimum Gasteiger partial charge on any atom is -0.456 e. The molecule has 2 heterocycles. The summed E-state index contributed by atoms with van der Waals surface area (Å²) in [6.45, 7) is 2.12. The number of nitrogens with one attached hydrogen (secondary N) is 1. The van der Waals surface area contributed by atoms with E-state index in [0.29, 0.717) is 9.23 Å². The Hall–Kier alpha value is -3.15. The number of hydrogen-bond donors (Lipinski definition) is 1. The van der Waals surface area contributed by atoms with Gasteiger partial charge in [-0.05, 0) is 30.2 Å². The van der Waals surface area contributed by atoms with Crippen molar-refractivity contribution in [3.63, 3.8) is 0 Å². The fourth-order valence-corrected chi connectivity index (χ4v) is 5.09. The Morgan fingerprint density at radius 2 is 1.61 bits per heavy atom. The second-order valence-electron chi connectivity index (χ2n) is 7.43. The molecule has 0 saturated carbocycles. The molecule has 0 radical (unpaired) electrons. The maximum Gasteiger partial charge on any atom is 0.263 e. The number of thioether (sulfide) groups is 1. The minimum absolute atomic E-state index is 0.0728. The molecule has 5 rings (SSSR count). The molecule has 1 fully saturated rings. The van der Waals surface area contributed by atoms with Crippen LogP contribution < -0.4 is 10.1 Å². The number of allylic oxidation sites excluding steroid dienone is 2. The second kappa shape index (κ2) is 8.17. The summed E-state index contributed by atoms with van der Waals surface area (Å²) in [5.74, 6) is 1.34. The molecule has 3 nitrogen and oxygen atoms in total. The normalized spacial score (nSPS) is 19.3. The third kappa shape index (κ3) is 3.71. The Bertz CT molecular complexity index is 1260. The van der Waals surface area contributed by atoms with Crippen molar-refractivity contribution in [3.8, 4) is 5.75 Å². The molecule has 3 aromatic rings. The first-order valence-electron chi connectivity index (χ1n) is 9.98. The molecule has 1 N–H and O–H groups in total. The van der Waals surface area contributed by atoms with E-state index in [4.69, 9.17) is 17.0 Å². The number of aryl methyl sites for hydroxylation is 1. The summed E-state index contributed by atoms with van der Waals surface area (Å²) in [4.78, 5) is 13.1. The highest BCUT2D eigenvalue weighted by Crippen LogP contribution is 2.47. The number of rotatable bonds is 3. The second-order valence-corrected chi connectivity index (χ2v) is 9.15. The number of para-hydroxylation sites is 1. The summed E-state index contributed by atoms with van der Waals surface area (Å²) in [5.41, 5.74) is 5.36. The van der Waals surface area contributed by atoms with Gasteiger partial charge in [-0.3, -0.25) is 4.79 Å². The number of hydrogen-bond acceptors (Lipinski definition) is 4. The summed E-state index contributed by atoms with van der Waals surface area (Å²) in [6, 6.07) is 26.5. The zero-order valence-corrected chi connectivity index (χ0v) is 18.4. The first kappa shape index (κ1) is 19.8. The molecule has 1 unspecified atom stereocenters. The largest absolute Gasteiger partial charge is 0.456 e. The summed E-state index contributed by atoms with van der Waals surface area (Å²) < 4.78 is 6.93. The van der Waals surface area contributed by atoms with Crippen molar-refractivity contribution in [2.45, 2.75) is 12.8 Å². The number of fused-ring (bicyclic) bond motifs is 1. The van der Waals surface area contributed by atoms with E-state index in [1.807, 2.05) is 60.7 Å². The van der Waals surface area contributed by atoms with E-state index in [2.05, 4.69) is 36.5 Å². The predicted molar refractivity (Wildman–Crippen MR) is 130 cm³/mol. The molecule has 0 spiro atoms. The van der Waals surface area contributed by atoms with Gasteiger partial charge < -0.3 is 10.1 Å². The van der Waals surface area contributed by atoms with Crippen LogP contribution in [0, 0.1) is 6.92 Å². The average molecular weight is 442 g/mol. The van der Waals surface area contributed by atoms with E-state index in [1.54, 1.807) is 0 Å². The lowest BCUT2D eigenvalue weighted by Gasteiger charge is -2.31. The lowest BCUT2D eigenvalue weighted by Crippen LogP contribution is -2.19. The highest BCUT2D eigenvalue weighted by Gasteiger charge is 2.33. The van der Waals surface area contributed by atoms with Crippen LogP contribution in [-0.4, -0.2) is 10.2 Å². The van der Waals surface area contributed by atoms with Crippen molar-refractivity contribution in [3.05, 3.63) is 118 Å². The number of thiocarbonyl (C=S) groups is 1. The van der Waals surface area contributed by atoms with Gasteiger partial charge in [-0.25, -0.2) is 0 Å². The van der Waals surface area contributed by atoms with Crippen LogP contribution in [0.5, 0.6) is 5.75 Å². The van der Waals surface area contributed by atoms with E-state index >= 15 is 0 Å². The van der Waals surface area contributed by atoms with Gasteiger partial charge in [0.05, 0.1) is 4.91 Å². The Morgan fingerprint density at radius 1 is 0.935 bits per heavy atom. The van der Waals surface area contributed by atoms with Gasteiger partial charge >= 0.3 is 0 Å². The molecule has 1 saturated heterocycles. The molecule has 1 atom stereocenters. The SMILES string of the molecule is Cc1ccccc1C1C(/C=C2/SC(=S)NC2=O)=C(c2ccccc2)Oc2ccccc21. The van der Waals surface area contributed by atoms with Crippen molar-refractivity contribution < 1.29 is 9.53 Å². The van der Waals surface area contributed by atoms with Gasteiger partial charge in [0.25, 0.3) is 5.91 Å². The zero-order valence-electron chi connectivity index (χ0n) is 16.8. The molecule has 0 bridgehead atoms. The van der Waals surface area contributed by atoms with Gasteiger partial charge in [-0.1, -0.05) is 96.8 Å². The minimum atomic E-state index is -0.169. The van der Waals surface area contributed by atoms with Crippen LogP contribution in [0.1, 0.15) is 28.2 Å². The van der Waals surface area contributed by atoms with E-state index in [1.165, 1.54) is 22.9 Å². The van der Waals surface area contributed by atoms with E-state index in [0.717, 1.165) is 28.2 Å².